The number of nitrogens with one attached hydrogen (secondary N) is 1. The van der Waals surface area contributed by atoms with Crippen molar-refractivity contribution in [1.29, 1.82) is 0 Å². The van der Waals surface area contributed by atoms with Crippen LogP contribution in [-0.4, -0.2) is 27.4 Å². The van der Waals surface area contributed by atoms with Gasteiger partial charge in [-0.25, -0.2) is 0 Å². The summed E-state index contributed by atoms with van der Waals surface area (Å²) in [6.07, 6.45) is -5.18. The first kappa shape index (κ1) is 14.6. The van der Waals surface area contributed by atoms with Gasteiger partial charge in [-0.15, -0.1) is 0 Å². The van der Waals surface area contributed by atoms with E-state index in [9.17, 15) is 13.2 Å². The summed E-state index contributed by atoms with van der Waals surface area (Å²) < 4.78 is 47.4. The second kappa shape index (κ2) is 5.95. The molecule has 0 heterocycles. The molecule has 102 valence electrons. The van der Waals surface area contributed by atoms with E-state index in [0.717, 1.165) is 0 Å². The smallest absolute Gasteiger partial charge is 0.390 e. The Labute approximate surface area is 104 Å². The van der Waals surface area contributed by atoms with Gasteiger partial charge in [0.05, 0.1) is 20.6 Å². The maximum Gasteiger partial charge on any atom is 0.390 e. The minimum absolute atomic E-state index is 0.465. The van der Waals surface area contributed by atoms with Crippen LogP contribution in [-0.2, 0) is 0 Å². The minimum atomic E-state index is -4.23. The molecule has 1 unspecified atom stereocenters. The third-order valence-corrected chi connectivity index (χ3v) is 2.56. The molecule has 3 nitrogen and oxygen atoms in total. The second-order valence-corrected chi connectivity index (χ2v) is 3.81. The summed E-state index contributed by atoms with van der Waals surface area (Å²) in [6, 6.07) is 3.92. The van der Waals surface area contributed by atoms with Crippen LogP contribution in [0.2, 0.25) is 0 Å². The monoisotopic (exact) mass is 263 g/mol. The van der Waals surface area contributed by atoms with Crippen molar-refractivity contribution >= 4 is 0 Å². The highest BCUT2D eigenvalue weighted by Crippen LogP contribution is 2.33. The second-order valence-electron chi connectivity index (χ2n) is 3.81. The van der Waals surface area contributed by atoms with Crippen molar-refractivity contribution in [2.24, 2.45) is 0 Å². The van der Waals surface area contributed by atoms with Crippen molar-refractivity contribution in [1.82, 2.24) is 5.32 Å². The molecule has 18 heavy (non-hydrogen) atoms. The van der Waals surface area contributed by atoms with Crippen LogP contribution < -0.4 is 14.8 Å². The Morgan fingerprint density at radius 2 is 1.61 bits per heavy atom. The summed E-state index contributed by atoms with van der Waals surface area (Å²) in [5.74, 6) is 0.929. The van der Waals surface area contributed by atoms with E-state index in [-0.39, 0.29) is 0 Å². The molecule has 0 aliphatic rings. The standard InChI is InChI=1S/C12H16F3NO2/c1-16-11(7-12(13,14)15)8-4-9(17-2)6-10(5-8)18-3/h4-6,11,16H,7H2,1-3H3. The van der Waals surface area contributed by atoms with Crippen LogP contribution in [0, 0.1) is 0 Å². The molecule has 0 saturated carbocycles. The third-order valence-electron chi connectivity index (χ3n) is 2.56. The van der Waals surface area contributed by atoms with Crippen LogP contribution in [0.3, 0.4) is 0 Å². The van der Waals surface area contributed by atoms with Crippen LogP contribution in [0.4, 0.5) is 13.2 Å². The summed E-state index contributed by atoms with van der Waals surface area (Å²) in [5, 5.41) is 2.65. The third kappa shape index (κ3) is 4.10. The molecule has 0 radical (unpaired) electrons. The Balaban J connectivity index is 3.04. The quantitative estimate of drug-likeness (QED) is 0.886. The van der Waals surface area contributed by atoms with Gasteiger partial charge in [0, 0.05) is 12.1 Å². The Kier molecular flexibility index (Phi) is 4.84. The lowest BCUT2D eigenvalue weighted by atomic mass is 10.0. The van der Waals surface area contributed by atoms with Gasteiger partial charge in [-0.2, -0.15) is 13.2 Å². The predicted molar refractivity (Wildman–Crippen MR) is 62.0 cm³/mol. The molecule has 0 aromatic heterocycles. The van der Waals surface area contributed by atoms with Crippen molar-refractivity contribution in [2.45, 2.75) is 18.6 Å². The van der Waals surface area contributed by atoms with Gasteiger partial charge in [0.15, 0.2) is 0 Å². The number of ether oxygens (including phenoxy) is 2. The largest absolute Gasteiger partial charge is 0.497 e. The number of halogens is 3. The SMILES string of the molecule is CNC(CC(F)(F)F)c1cc(OC)cc(OC)c1. The Hall–Kier alpha value is -1.43. The fraction of sp³-hybridized carbons (Fsp3) is 0.500. The van der Waals surface area contributed by atoms with E-state index in [1.807, 2.05) is 0 Å². The minimum Gasteiger partial charge on any atom is -0.497 e. The molecular formula is C12H16F3NO2. The first-order chi connectivity index (χ1) is 8.39. The van der Waals surface area contributed by atoms with Crippen molar-refractivity contribution in [3.8, 4) is 11.5 Å². The van der Waals surface area contributed by atoms with Crippen molar-refractivity contribution in [3.63, 3.8) is 0 Å². The Morgan fingerprint density at radius 3 is 1.94 bits per heavy atom. The van der Waals surface area contributed by atoms with Gasteiger partial charge >= 0.3 is 6.18 Å². The number of hydrogen-bond donors (Lipinski definition) is 1. The lowest BCUT2D eigenvalue weighted by molar-refractivity contribution is -0.140. The molecule has 0 spiro atoms. The molecule has 0 fully saturated rings. The van der Waals surface area contributed by atoms with Gasteiger partial charge in [-0.3, -0.25) is 0 Å². The van der Waals surface area contributed by atoms with E-state index in [4.69, 9.17) is 9.47 Å². The van der Waals surface area contributed by atoms with E-state index in [0.29, 0.717) is 17.1 Å². The van der Waals surface area contributed by atoms with Crippen LogP contribution >= 0.6 is 0 Å². The summed E-state index contributed by atoms with van der Waals surface area (Å²) in [5.41, 5.74) is 0.478. The summed E-state index contributed by atoms with van der Waals surface area (Å²) >= 11 is 0. The molecule has 0 bridgehead atoms. The highest BCUT2D eigenvalue weighted by molar-refractivity contribution is 5.39. The number of hydrogen-bond acceptors (Lipinski definition) is 3. The predicted octanol–water partition coefficient (Wildman–Crippen LogP) is 2.92. The number of methoxy groups -OCH3 is 2. The van der Waals surface area contributed by atoms with Crippen molar-refractivity contribution in [2.75, 3.05) is 21.3 Å². The van der Waals surface area contributed by atoms with E-state index < -0.39 is 18.6 Å². The highest BCUT2D eigenvalue weighted by Gasteiger charge is 2.32. The van der Waals surface area contributed by atoms with E-state index in [1.54, 1.807) is 18.2 Å². The lowest BCUT2D eigenvalue weighted by Crippen LogP contribution is -2.23. The molecule has 1 aromatic carbocycles. The normalized spacial score (nSPS) is 13.2. The maximum atomic E-state index is 12.4. The summed E-state index contributed by atoms with van der Waals surface area (Å²) in [4.78, 5) is 0. The molecule has 1 aromatic rings. The molecule has 0 aliphatic carbocycles. The van der Waals surface area contributed by atoms with Crippen molar-refractivity contribution in [3.05, 3.63) is 23.8 Å². The van der Waals surface area contributed by atoms with Gasteiger partial charge in [-0.1, -0.05) is 0 Å². The van der Waals surface area contributed by atoms with Crippen LogP contribution in [0.25, 0.3) is 0 Å². The van der Waals surface area contributed by atoms with Gasteiger partial charge in [-0.05, 0) is 24.7 Å². The Morgan fingerprint density at radius 1 is 1.11 bits per heavy atom. The van der Waals surface area contributed by atoms with E-state index in [2.05, 4.69) is 5.32 Å². The van der Waals surface area contributed by atoms with Crippen LogP contribution in [0.15, 0.2) is 18.2 Å². The molecule has 1 rings (SSSR count). The number of alkyl halides is 3. The average Bonchev–Trinajstić information content (AvgIpc) is 2.34. The zero-order valence-electron chi connectivity index (χ0n) is 10.5. The summed E-state index contributed by atoms with van der Waals surface area (Å²) in [7, 11) is 4.40. The molecule has 0 aliphatic heterocycles. The molecule has 6 heteroatoms. The number of benzene rings is 1. The molecule has 0 saturated heterocycles. The fourth-order valence-electron chi connectivity index (χ4n) is 1.65. The maximum absolute atomic E-state index is 12.4. The topological polar surface area (TPSA) is 30.5 Å². The van der Waals surface area contributed by atoms with Crippen LogP contribution in [0.1, 0.15) is 18.0 Å². The van der Waals surface area contributed by atoms with Gasteiger partial charge in [0.1, 0.15) is 11.5 Å². The van der Waals surface area contributed by atoms with E-state index in [1.165, 1.54) is 21.3 Å². The van der Waals surface area contributed by atoms with Crippen molar-refractivity contribution < 1.29 is 22.6 Å². The molecular weight excluding hydrogens is 247 g/mol. The lowest BCUT2D eigenvalue weighted by Gasteiger charge is -2.19. The zero-order chi connectivity index (χ0) is 13.8. The number of rotatable bonds is 5. The molecule has 1 N–H and O–H groups in total. The molecule has 1 atom stereocenters. The molecule has 0 amide bonds. The van der Waals surface area contributed by atoms with Crippen LogP contribution in [0.5, 0.6) is 11.5 Å². The first-order valence-corrected chi connectivity index (χ1v) is 5.36. The van der Waals surface area contributed by atoms with Gasteiger partial charge in [0.2, 0.25) is 0 Å². The highest BCUT2D eigenvalue weighted by atomic mass is 19.4. The average molecular weight is 263 g/mol. The fourth-order valence-corrected chi connectivity index (χ4v) is 1.65. The zero-order valence-corrected chi connectivity index (χ0v) is 10.5. The Bertz CT molecular complexity index is 371. The van der Waals surface area contributed by atoms with Gasteiger partial charge in [0.25, 0.3) is 0 Å². The summed E-state index contributed by atoms with van der Waals surface area (Å²) in [6.45, 7) is 0. The van der Waals surface area contributed by atoms with E-state index >= 15 is 0 Å². The van der Waals surface area contributed by atoms with Gasteiger partial charge < -0.3 is 14.8 Å². The first-order valence-electron chi connectivity index (χ1n) is 5.36.